The number of morpholine rings is 1. The molecule has 1 unspecified atom stereocenters. The van der Waals surface area contributed by atoms with Crippen LogP contribution in [0.5, 0.6) is 0 Å². The number of nitrogens with zero attached hydrogens (tertiary/aromatic N) is 2. The minimum absolute atomic E-state index is 0.114. The Bertz CT molecular complexity index is 536. The van der Waals surface area contributed by atoms with Gasteiger partial charge in [0.2, 0.25) is 0 Å². The zero-order valence-corrected chi connectivity index (χ0v) is 12.4. The van der Waals surface area contributed by atoms with Crippen LogP contribution >= 0.6 is 0 Å². The largest absolute Gasteiger partial charge is 0.377 e. The molecule has 114 valence electrons. The van der Waals surface area contributed by atoms with Gasteiger partial charge in [-0.2, -0.15) is 5.10 Å². The van der Waals surface area contributed by atoms with E-state index in [2.05, 4.69) is 10.2 Å². The van der Waals surface area contributed by atoms with Gasteiger partial charge in [-0.3, -0.25) is 9.89 Å². The molecular formula is C16H23N3O2. The Balaban J connectivity index is 1.55. The zero-order chi connectivity index (χ0) is 14.2. The summed E-state index contributed by atoms with van der Waals surface area (Å²) in [7, 11) is 0. The van der Waals surface area contributed by atoms with E-state index in [0.29, 0.717) is 25.5 Å². The van der Waals surface area contributed by atoms with Gasteiger partial charge in [-0.25, -0.2) is 0 Å². The van der Waals surface area contributed by atoms with E-state index in [9.17, 15) is 4.79 Å². The molecule has 1 aromatic rings. The van der Waals surface area contributed by atoms with Gasteiger partial charge >= 0.3 is 0 Å². The van der Waals surface area contributed by atoms with Gasteiger partial charge in [0, 0.05) is 17.8 Å². The van der Waals surface area contributed by atoms with Crippen LogP contribution in [0.3, 0.4) is 0 Å². The minimum atomic E-state index is 0.114. The summed E-state index contributed by atoms with van der Waals surface area (Å²) in [4.78, 5) is 15.0. The molecule has 0 bridgehead atoms. The van der Waals surface area contributed by atoms with Crippen LogP contribution in [0.4, 0.5) is 0 Å². The lowest BCUT2D eigenvalue weighted by molar-refractivity contribution is -0.00605. The first-order valence-corrected chi connectivity index (χ1v) is 8.28. The Hall–Kier alpha value is -1.36. The van der Waals surface area contributed by atoms with Gasteiger partial charge < -0.3 is 9.64 Å². The third kappa shape index (κ3) is 2.59. The van der Waals surface area contributed by atoms with Crippen LogP contribution in [0.25, 0.3) is 0 Å². The fraction of sp³-hybridized carbons (Fsp3) is 0.750. The summed E-state index contributed by atoms with van der Waals surface area (Å²) in [6, 6.07) is 0.245. The van der Waals surface area contributed by atoms with Crippen molar-refractivity contribution >= 4 is 5.91 Å². The molecule has 5 heteroatoms. The van der Waals surface area contributed by atoms with E-state index in [-0.39, 0.29) is 11.9 Å². The van der Waals surface area contributed by atoms with Crippen LogP contribution in [0.2, 0.25) is 0 Å². The fourth-order valence-electron chi connectivity index (χ4n) is 3.65. The van der Waals surface area contributed by atoms with Crippen molar-refractivity contribution in [3.8, 4) is 0 Å². The van der Waals surface area contributed by atoms with E-state index in [4.69, 9.17) is 4.74 Å². The molecule has 1 saturated carbocycles. The lowest BCUT2D eigenvalue weighted by Crippen LogP contribution is -2.49. The summed E-state index contributed by atoms with van der Waals surface area (Å²) in [6.07, 6.45) is 8.12. The molecule has 21 heavy (non-hydrogen) atoms. The third-order valence-electron chi connectivity index (χ3n) is 5.05. The van der Waals surface area contributed by atoms with Crippen LogP contribution in [-0.4, -0.2) is 46.8 Å². The number of hydrogen-bond acceptors (Lipinski definition) is 3. The molecule has 2 aliphatic carbocycles. The van der Waals surface area contributed by atoms with E-state index in [1.54, 1.807) is 0 Å². The molecule has 1 atom stereocenters. The molecule has 0 aromatic carbocycles. The van der Waals surface area contributed by atoms with Crippen LogP contribution in [0.15, 0.2) is 0 Å². The van der Waals surface area contributed by atoms with E-state index >= 15 is 0 Å². The van der Waals surface area contributed by atoms with Crippen molar-refractivity contribution in [1.29, 1.82) is 0 Å². The smallest absolute Gasteiger partial charge is 0.275 e. The van der Waals surface area contributed by atoms with Gasteiger partial charge in [0.05, 0.1) is 19.3 Å². The van der Waals surface area contributed by atoms with Crippen molar-refractivity contribution in [3.05, 3.63) is 17.0 Å². The molecule has 1 aliphatic heterocycles. The van der Waals surface area contributed by atoms with E-state index < -0.39 is 0 Å². The third-order valence-corrected chi connectivity index (χ3v) is 5.05. The highest BCUT2D eigenvalue weighted by Gasteiger charge is 2.35. The Morgan fingerprint density at radius 1 is 1.33 bits per heavy atom. The number of aromatic nitrogens is 2. The lowest BCUT2D eigenvalue weighted by Gasteiger charge is -2.35. The van der Waals surface area contributed by atoms with Gasteiger partial charge in [-0.1, -0.05) is 12.8 Å². The molecule has 1 N–H and O–H groups in total. The van der Waals surface area contributed by atoms with Gasteiger partial charge in [0.15, 0.2) is 5.69 Å². The molecule has 2 fully saturated rings. The number of H-pyrrole nitrogens is 1. The molecule has 3 aliphatic rings. The number of aromatic amines is 1. The molecule has 1 amide bonds. The number of hydrogen-bond donors (Lipinski definition) is 1. The van der Waals surface area contributed by atoms with Crippen LogP contribution < -0.4 is 0 Å². The molecule has 4 rings (SSSR count). The maximum atomic E-state index is 12.9. The number of amides is 1. The quantitative estimate of drug-likeness (QED) is 0.925. The number of nitrogens with one attached hydrogen (secondary N) is 1. The summed E-state index contributed by atoms with van der Waals surface area (Å²) in [5.74, 6) is 0.920. The second-order valence-electron chi connectivity index (χ2n) is 6.64. The van der Waals surface area contributed by atoms with Gasteiger partial charge in [-0.05, 0) is 38.0 Å². The number of aryl methyl sites for hydroxylation is 1. The SMILES string of the molecule is O=C(c1n[nH]c2c1CCCC2)N1CCOCC1CC1CC1. The second-order valence-corrected chi connectivity index (χ2v) is 6.64. The molecule has 2 heterocycles. The number of carbonyl (C=O) groups is 1. The number of ether oxygens (including phenoxy) is 1. The van der Waals surface area contributed by atoms with Crippen molar-refractivity contribution in [2.75, 3.05) is 19.8 Å². The lowest BCUT2D eigenvalue weighted by atomic mass is 9.95. The summed E-state index contributed by atoms with van der Waals surface area (Å²) in [5.41, 5.74) is 3.02. The van der Waals surface area contributed by atoms with E-state index in [1.807, 2.05) is 4.90 Å². The van der Waals surface area contributed by atoms with Crippen molar-refractivity contribution in [3.63, 3.8) is 0 Å². The predicted octanol–water partition coefficient (Wildman–Crippen LogP) is 1.93. The van der Waals surface area contributed by atoms with Crippen LogP contribution in [0, 0.1) is 5.92 Å². The highest BCUT2D eigenvalue weighted by molar-refractivity contribution is 5.94. The zero-order valence-electron chi connectivity index (χ0n) is 12.4. The van der Waals surface area contributed by atoms with E-state index in [0.717, 1.165) is 25.2 Å². The van der Waals surface area contributed by atoms with E-state index in [1.165, 1.54) is 36.9 Å². The molecular weight excluding hydrogens is 266 g/mol. The average molecular weight is 289 g/mol. The van der Waals surface area contributed by atoms with Crippen molar-refractivity contribution in [2.24, 2.45) is 5.92 Å². The number of fused-ring (bicyclic) bond motifs is 1. The predicted molar refractivity (Wildman–Crippen MR) is 78.2 cm³/mol. The Morgan fingerprint density at radius 2 is 2.19 bits per heavy atom. The minimum Gasteiger partial charge on any atom is -0.377 e. The Kier molecular flexibility index (Phi) is 3.45. The highest BCUT2D eigenvalue weighted by Crippen LogP contribution is 2.35. The normalized spacial score (nSPS) is 25.7. The summed E-state index contributed by atoms with van der Waals surface area (Å²) < 4.78 is 5.60. The van der Waals surface area contributed by atoms with Crippen LogP contribution in [-0.2, 0) is 17.6 Å². The molecule has 0 radical (unpaired) electrons. The van der Waals surface area contributed by atoms with Crippen molar-refractivity contribution in [2.45, 2.75) is 51.0 Å². The monoisotopic (exact) mass is 289 g/mol. The van der Waals surface area contributed by atoms with Crippen molar-refractivity contribution in [1.82, 2.24) is 15.1 Å². The number of rotatable bonds is 3. The standard InChI is InChI=1S/C16H23N3O2/c20-16(15-13-3-1-2-4-14(13)17-18-15)19-7-8-21-10-12(19)9-11-5-6-11/h11-12H,1-10H2,(H,17,18). The van der Waals surface area contributed by atoms with Crippen LogP contribution in [0.1, 0.15) is 53.8 Å². The molecule has 1 saturated heterocycles. The summed E-state index contributed by atoms with van der Waals surface area (Å²) in [6.45, 7) is 2.05. The molecule has 1 aromatic heterocycles. The average Bonchev–Trinajstić information content (AvgIpc) is 3.23. The molecule has 0 spiro atoms. The molecule has 5 nitrogen and oxygen atoms in total. The topological polar surface area (TPSA) is 58.2 Å². The first-order valence-electron chi connectivity index (χ1n) is 8.28. The first-order chi connectivity index (χ1) is 10.3. The Labute approximate surface area is 125 Å². The first kappa shape index (κ1) is 13.3. The number of carbonyl (C=O) groups excluding carboxylic acids is 1. The fourth-order valence-corrected chi connectivity index (χ4v) is 3.65. The van der Waals surface area contributed by atoms with Gasteiger partial charge in [0.1, 0.15) is 0 Å². The highest BCUT2D eigenvalue weighted by atomic mass is 16.5. The maximum Gasteiger partial charge on any atom is 0.275 e. The van der Waals surface area contributed by atoms with Crippen molar-refractivity contribution < 1.29 is 9.53 Å². The maximum absolute atomic E-state index is 12.9. The van der Waals surface area contributed by atoms with Gasteiger partial charge in [0.25, 0.3) is 5.91 Å². The second kappa shape index (κ2) is 5.44. The summed E-state index contributed by atoms with van der Waals surface area (Å²) >= 11 is 0. The summed E-state index contributed by atoms with van der Waals surface area (Å²) in [5, 5.41) is 7.43. The van der Waals surface area contributed by atoms with Gasteiger partial charge in [-0.15, -0.1) is 0 Å². The Morgan fingerprint density at radius 3 is 3.05 bits per heavy atom.